The van der Waals surface area contributed by atoms with Crippen LogP contribution in [0.5, 0.6) is 0 Å². The van der Waals surface area contributed by atoms with Crippen molar-refractivity contribution in [3.63, 3.8) is 0 Å². The summed E-state index contributed by atoms with van der Waals surface area (Å²) in [7, 11) is 5.80. The predicted molar refractivity (Wildman–Crippen MR) is 88.6 cm³/mol. The predicted octanol–water partition coefficient (Wildman–Crippen LogP) is 1.70. The van der Waals surface area contributed by atoms with Gasteiger partial charge in [-0.3, -0.25) is 4.79 Å². The van der Waals surface area contributed by atoms with E-state index < -0.39 is 0 Å². The number of nitrogens with zero attached hydrogens (tertiary/aromatic N) is 4. The molecule has 0 aliphatic carbocycles. The van der Waals surface area contributed by atoms with Crippen molar-refractivity contribution >= 4 is 11.7 Å². The van der Waals surface area contributed by atoms with E-state index in [4.69, 9.17) is 4.74 Å². The molecule has 6 nitrogen and oxygen atoms in total. The Morgan fingerprint density at radius 3 is 2.83 bits per heavy atom. The van der Waals surface area contributed by atoms with Crippen LogP contribution < -0.4 is 4.90 Å². The van der Waals surface area contributed by atoms with Crippen LogP contribution in [0.2, 0.25) is 0 Å². The Balaban J connectivity index is 1.77. The zero-order valence-electron chi connectivity index (χ0n) is 13.8. The highest BCUT2D eigenvalue weighted by atomic mass is 16.5. The molecule has 122 valence electrons. The maximum atomic E-state index is 12.7. The number of ether oxygens (including phenoxy) is 1. The number of hydrogen-bond acceptors (Lipinski definition) is 4. The van der Waals surface area contributed by atoms with E-state index in [1.165, 1.54) is 0 Å². The average molecular weight is 314 g/mol. The molecule has 0 aromatic carbocycles. The lowest BCUT2D eigenvalue weighted by molar-refractivity contribution is -0.0249. The molecule has 1 atom stereocenters. The molecule has 1 aliphatic heterocycles. The van der Waals surface area contributed by atoms with Crippen LogP contribution in [0.1, 0.15) is 22.3 Å². The Labute approximate surface area is 136 Å². The molecule has 0 radical (unpaired) electrons. The van der Waals surface area contributed by atoms with E-state index in [2.05, 4.69) is 4.98 Å². The molecule has 1 saturated heterocycles. The molecule has 1 fully saturated rings. The van der Waals surface area contributed by atoms with Crippen molar-refractivity contribution in [3.05, 3.63) is 47.9 Å². The Hall–Kier alpha value is -2.34. The lowest BCUT2D eigenvalue weighted by atomic mass is 10.1. The Bertz CT molecular complexity index is 695. The van der Waals surface area contributed by atoms with Gasteiger partial charge in [-0.1, -0.05) is 6.07 Å². The first-order valence-electron chi connectivity index (χ1n) is 7.73. The summed E-state index contributed by atoms with van der Waals surface area (Å²) < 4.78 is 7.69. The van der Waals surface area contributed by atoms with Crippen LogP contribution in [0, 0.1) is 0 Å². The largest absolute Gasteiger partial charge is 0.368 e. The highest BCUT2D eigenvalue weighted by molar-refractivity contribution is 5.92. The zero-order valence-corrected chi connectivity index (χ0v) is 13.8. The SMILES string of the molecule is CN(C)c1cccc([C@@H]2CN(C(=O)c3cccn3C)CCO2)n1. The standard InChI is InChI=1S/C17H22N4O2/c1-19(2)16-8-4-6-13(18-16)15-12-21(10-11-23-15)17(22)14-7-5-9-20(14)3/h4-9,15H,10-12H2,1-3H3/t15-/m0/s1. The van der Waals surface area contributed by atoms with E-state index in [0.29, 0.717) is 25.4 Å². The van der Waals surface area contributed by atoms with Crippen LogP contribution >= 0.6 is 0 Å². The van der Waals surface area contributed by atoms with E-state index in [1.807, 2.05) is 72.0 Å². The molecule has 1 aliphatic rings. The second-order valence-corrected chi connectivity index (χ2v) is 5.93. The van der Waals surface area contributed by atoms with Gasteiger partial charge in [-0.2, -0.15) is 0 Å². The van der Waals surface area contributed by atoms with E-state index >= 15 is 0 Å². The highest BCUT2D eigenvalue weighted by Crippen LogP contribution is 2.23. The summed E-state index contributed by atoms with van der Waals surface area (Å²) in [6.07, 6.45) is 1.70. The Kier molecular flexibility index (Phi) is 4.34. The van der Waals surface area contributed by atoms with Gasteiger partial charge in [0, 0.05) is 33.9 Å². The van der Waals surface area contributed by atoms with Gasteiger partial charge < -0.3 is 19.1 Å². The fraction of sp³-hybridized carbons (Fsp3) is 0.412. The number of morpholine rings is 1. The quantitative estimate of drug-likeness (QED) is 0.865. The number of carbonyl (C=O) groups excluding carboxylic acids is 1. The third kappa shape index (κ3) is 3.22. The minimum absolute atomic E-state index is 0.0366. The summed E-state index contributed by atoms with van der Waals surface area (Å²) in [6.45, 7) is 1.65. The van der Waals surface area contributed by atoms with E-state index in [0.717, 1.165) is 11.5 Å². The van der Waals surface area contributed by atoms with Crippen molar-refractivity contribution in [1.82, 2.24) is 14.5 Å². The number of carbonyl (C=O) groups is 1. The summed E-state index contributed by atoms with van der Waals surface area (Å²) in [4.78, 5) is 21.1. The minimum Gasteiger partial charge on any atom is -0.368 e. The summed E-state index contributed by atoms with van der Waals surface area (Å²) in [6, 6.07) is 9.61. The van der Waals surface area contributed by atoms with Crippen LogP contribution in [0.4, 0.5) is 5.82 Å². The molecule has 0 N–H and O–H groups in total. The lowest BCUT2D eigenvalue weighted by Crippen LogP contribution is -2.43. The second-order valence-electron chi connectivity index (χ2n) is 5.93. The van der Waals surface area contributed by atoms with E-state index in [9.17, 15) is 4.79 Å². The van der Waals surface area contributed by atoms with Crippen molar-refractivity contribution < 1.29 is 9.53 Å². The topological polar surface area (TPSA) is 50.6 Å². The number of pyridine rings is 1. The monoisotopic (exact) mass is 314 g/mol. The molecule has 2 aromatic heterocycles. The third-order valence-electron chi connectivity index (χ3n) is 4.06. The van der Waals surface area contributed by atoms with Crippen LogP contribution in [0.25, 0.3) is 0 Å². The fourth-order valence-electron chi connectivity index (χ4n) is 2.73. The molecule has 3 rings (SSSR count). The van der Waals surface area contributed by atoms with Crippen molar-refractivity contribution in [3.8, 4) is 0 Å². The summed E-state index contributed by atoms with van der Waals surface area (Å²) in [5.41, 5.74) is 1.56. The van der Waals surface area contributed by atoms with Gasteiger partial charge in [0.1, 0.15) is 17.6 Å². The van der Waals surface area contributed by atoms with Gasteiger partial charge in [0.15, 0.2) is 0 Å². The maximum absolute atomic E-state index is 12.7. The van der Waals surface area contributed by atoms with Gasteiger partial charge >= 0.3 is 0 Å². The molecule has 1 amide bonds. The maximum Gasteiger partial charge on any atom is 0.270 e. The zero-order chi connectivity index (χ0) is 16.4. The number of hydrogen-bond donors (Lipinski definition) is 0. The first-order chi connectivity index (χ1) is 11.1. The van der Waals surface area contributed by atoms with Gasteiger partial charge in [-0.25, -0.2) is 4.98 Å². The fourth-order valence-corrected chi connectivity index (χ4v) is 2.73. The molecular formula is C17H22N4O2. The normalized spacial score (nSPS) is 18.0. The van der Waals surface area contributed by atoms with Crippen LogP contribution in [0.3, 0.4) is 0 Å². The second kappa shape index (κ2) is 6.42. The van der Waals surface area contributed by atoms with Crippen molar-refractivity contribution in [2.24, 2.45) is 7.05 Å². The van der Waals surface area contributed by atoms with Gasteiger partial charge in [-0.15, -0.1) is 0 Å². The lowest BCUT2D eigenvalue weighted by Gasteiger charge is -2.33. The molecule has 0 bridgehead atoms. The third-order valence-corrected chi connectivity index (χ3v) is 4.06. The number of aryl methyl sites for hydroxylation is 1. The van der Waals surface area contributed by atoms with Crippen molar-refractivity contribution in [1.29, 1.82) is 0 Å². The number of rotatable bonds is 3. The van der Waals surface area contributed by atoms with E-state index in [-0.39, 0.29) is 12.0 Å². The number of aromatic nitrogens is 2. The first kappa shape index (κ1) is 15.6. The molecule has 6 heteroatoms. The van der Waals surface area contributed by atoms with Gasteiger partial charge in [0.2, 0.25) is 0 Å². The van der Waals surface area contributed by atoms with Gasteiger partial charge in [0.25, 0.3) is 5.91 Å². The highest BCUT2D eigenvalue weighted by Gasteiger charge is 2.28. The molecule has 23 heavy (non-hydrogen) atoms. The molecule has 3 heterocycles. The molecule has 2 aromatic rings. The first-order valence-corrected chi connectivity index (χ1v) is 7.73. The molecule has 0 unspecified atom stereocenters. The Morgan fingerprint density at radius 1 is 1.30 bits per heavy atom. The van der Waals surface area contributed by atoms with Crippen molar-refractivity contribution in [2.75, 3.05) is 38.7 Å². The van der Waals surface area contributed by atoms with Crippen LogP contribution in [0.15, 0.2) is 36.5 Å². The summed E-state index contributed by atoms with van der Waals surface area (Å²) in [5.74, 6) is 0.923. The van der Waals surface area contributed by atoms with Gasteiger partial charge in [-0.05, 0) is 24.3 Å². The Morgan fingerprint density at radius 2 is 2.13 bits per heavy atom. The van der Waals surface area contributed by atoms with E-state index in [1.54, 1.807) is 0 Å². The molecule has 0 spiro atoms. The smallest absolute Gasteiger partial charge is 0.270 e. The average Bonchev–Trinajstić information content (AvgIpc) is 3.00. The number of anilines is 1. The summed E-state index contributed by atoms with van der Waals surface area (Å²) >= 11 is 0. The van der Waals surface area contributed by atoms with Crippen molar-refractivity contribution in [2.45, 2.75) is 6.10 Å². The van der Waals surface area contributed by atoms with Crippen LogP contribution in [-0.4, -0.2) is 54.1 Å². The van der Waals surface area contributed by atoms with Crippen LogP contribution in [-0.2, 0) is 11.8 Å². The van der Waals surface area contributed by atoms with Gasteiger partial charge in [0.05, 0.1) is 18.8 Å². The molecular weight excluding hydrogens is 292 g/mol. The minimum atomic E-state index is -0.187. The molecule has 0 saturated carbocycles. The summed E-state index contributed by atoms with van der Waals surface area (Å²) in [5, 5.41) is 0. The number of amides is 1.